The first-order valence-electron chi connectivity index (χ1n) is 6.74. The van der Waals surface area contributed by atoms with Crippen LogP contribution in [0, 0.1) is 0 Å². The third-order valence-corrected chi connectivity index (χ3v) is 4.37. The van der Waals surface area contributed by atoms with E-state index in [0.29, 0.717) is 11.0 Å². The van der Waals surface area contributed by atoms with Crippen LogP contribution in [0.5, 0.6) is 0 Å². The number of fused-ring (bicyclic) bond motifs is 1. The molecule has 2 nitrogen and oxygen atoms in total. The summed E-state index contributed by atoms with van der Waals surface area (Å²) in [6, 6.07) is 12.8. The van der Waals surface area contributed by atoms with Crippen molar-refractivity contribution in [1.29, 1.82) is 0 Å². The molecule has 0 radical (unpaired) electrons. The lowest BCUT2D eigenvalue weighted by atomic mass is 10.0. The van der Waals surface area contributed by atoms with E-state index in [2.05, 4.69) is 36.7 Å². The van der Waals surface area contributed by atoms with Gasteiger partial charge in [-0.15, -0.1) is 0 Å². The lowest BCUT2D eigenvalue weighted by Gasteiger charge is -2.19. The molecule has 0 heterocycles. The molecule has 0 aliphatic carbocycles. The number of benzene rings is 2. The van der Waals surface area contributed by atoms with Gasteiger partial charge >= 0.3 is 0 Å². The molecular weight excluding hydrogens is 284 g/mol. The molecule has 4 heteroatoms. The summed E-state index contributed by atoms with van der Waals surface area (Å²) in [5.41, 5.74) is 7.91. The molecule has 0 saturated carbocycles. The summed E-state index contributed by atoms with van der Waals surface area (Å²) < 4.78 is 0. The fourth-order valence-corrected chi connectivity index (χ4v) is 3.22. The molecule has 1 unspecified atom stereocenters. The van der Waals surface area contributed by atoms with Gasteiger partial charge in [0.05, 0.1) is 0 Å². The molecule has 2 aromatic carbocycles. The minimum Gasteiger partial charge on any atom is -0.389 e. The second-order valence-electron chi connectivity index (χ2n) is 4.78. The largest absolute Gasteiger partial charge is 0.389 e. The number of nitrogens with two attached hydrogens (primary N) is 1. The van der Waals surface area contributed by atoms with Crippen molar-refractivity contribution in [2.24, 2.45) is 5.73 Å². The standard InChI is InChI=1S/C16H20N2S2/c1-3-11(10-20-2)18-15-9-8-14(16(17)19)12-6-4-5-7-13(12)15/h4-9,11,18H,3,10H2,1-2H3,(H2,17,19). The van der Waals surface area contributed by atoms with Gasteiger partial charge in [-0.25, -0.2) is 0 Å². The molecule has 2 aromatic rings. The van der Waals surface area contributed by atoms with Crippen LogP contribution in [0.2, 0.25) is 0 Å². The van der Waals surface area contributed by atoms with Crippen molar-refractivity contribution in [1.82, 2.24) is 0 Å². The predicted octanol–water partition coefficient (Wildman–Crippen LogP) is 4.03. The lowest BCUT2D eigenvalue weighted by Crippen LogP contribution is -2.21. The Labute approximate surface area is 130 Å². The smallest absolute Gasteiger partial charge is 0.104 e. The zero-order valence-corrected chi connectivity index (χ0v) is 13.5. The van der Waals surface area contributed by atoms with Gasteiger partial charge in [0.15, 0.2) is 0 Å². The summed E-state index contributed by atoms with van der Waals surface area (Å²) in [5, 5.41) is 5.93. The van der Waals surface area contributed by atoms with E-state index < -0.39 is 0 Å². The molecule has 0 aliphatic rings. The third-order valence-electron chi connectivity index (χ3n) is 3.41. The van der Waals surface area contributed by atoms with E-state index in [-0.39, 0.29) is 0 Å². The summed E-state index contributed by atoms with van der Waals surface area (Å²) in [7, 11) is 0. The molecule has 20 heavy (non-hydrogen) atoms. The highest BCUT2D eigenvalue weighted by molar-refractivity contribution is 7.98. The van der Waals surface area contributed by atoms with E-state index in [4.69, 9.17) is 18.0 Å². The van der Waals surface area contributed by atoms with Crippen molar-refractivity contribution in [3.05, 3.63) is 42.0 Å². The first-order valence-corrected chi connectivity index (χ1v) is 8.54. The number of thioether (sulfide) groups is 1. The van der Waals surface area contributed by atoms with Gasteiger partial charge < -0.3 is 11.1 Å². The molecule has 0 aliphatic heterocycles. The first-order chi connectivity index (χ1) is 9.67. The molecule has 0 saturated heterocycles. The molecule has 1 atom stereocenters. The van der Waals surface area contributed by atoms with Crippen LogP contribution in [0.3, 0.4) is 0 Å². The number of hydrogen-bond acceptors (Lipinski definition) is 3. The van der Waals surface area contributed by atoms with E-state index in [1.807, 2.05) is 30.0 Å². The van der Waals surface area contributed by atoms with Crippen LogP contribution in [0.1, 0.15) is 18.9 Å². The maximum Gasteiger partial charge on any atom is 0.104 e. The summed E-state index contributed by atoms with van der Waals surface area (Å²) in [6.07, 6.45) is 3.24. The van der Waals surface area contributed by atoms with E-state index in [0.717, 1.165) is 28.8 Å². The predicted molar refractivity (Wildman–Crippen MR) is 95.9 cm³/mol. The Morgan fingerprint density at radius 2 is 1.95 bits per heavy atom. The fraction of sp³-hybridized carbons (Fsp3) is 0.312. The molecule has 0 spiro atoms. The van der Waals surface area contributed by atoms with Crippen LogP contribution in [0.4, 0.5) is 5.69 Å². The Bertz CT molecular complexity index is 610. The molecule has 0 amide bonds. The SMILES string of the molecule is CCC(CSC)Nc1ccc(C(N)=S)c2ccccc12. The summed E-state index contributed by atoms with van der Waals surface area (Å²) >= 11 is 7.00. The highest BCUT2D eigenvalue weighted by Crippen LogP contribution is 2.27. The Hall–Kier alpha value is -1.26. The van der Waals surface area contributed by atoms with E-state index in [9.17, 15) is 0 Å². The van der Waals surface area contributed by atoms with Crippen molar-refractivity contribution in [2.45, 2.75) is 19.4 Å². The molecule has 0 aromatic heterocycles. The monoisotopic (exact) mass is 304 g/mol. The number of hydrogen-bond donors (Lipinski definition) is 2. The van der Waals surface area contributed by atoms with Crippen molar-refractivity contribution in [2.75, 3.05) is 17.3 Å². The highest BCUT2D eigenvalue weighted by atomic mass is 32.2. The normalized spacial score (nSPS) is 12.3. The summed E-state index contributed by atoms with van der Waals surface area (Å²) in [4.78, 5) is 0.448. The summed E-state index contributed by atoms with van der Waals surface area (Å²) in [5.74, 6) is 1.10. The van der Waals surface area contributed by atoms with Crippen molar-refractivity contribution >= 4 is 45.4 Å². The number of thiocarbonyl (C=S) groups is 1. The van der Waals surface area contributed by atoms with Gasteiger partial charge in [-0.2, -0.15) is 11.8 Å². The Kier molecular flexibility index (Phi) is 5.26. The lowest BCUT2D eigenvalue weighted by molar-refractivity contribution is 0.776. The quantitative estimate of drug-likeness (QED) is 0.790. The van der Waals surface area contributed by atoms with Crippen molar-refractivity contribution in [3.63, 3.8) is 0 Å². The van der Waals surface area contributed by atoms with E-state index >= 15 is 0 Å². The molecule has 2 rings (SSSR count). The van der Waals surface area contributed by atoms with Crippen LogP contribution in [0.15, 0.2) is 36.4 Å². The maximum atomic E-state index is 5.81. The first kappa shape index (κ1) is 15.1. The second-order valence-corrected chi connectivity index (χ2v) is 6.13. The third kappa shape index (κ3) is 3.25. The fourth-order valence-electron chi connectivity index (χ4n) is 2.32. The van der Waals surface area contributed by atoms with E-state index in [1.54, 1.807) is 0 Å². The topological polar surface area (TPSA) is 38.0 Å². The molecular formula is C16H20N2S2. The van der Waals surface area contributed by atoms with Gasteiger partial charge in [0.2, 0.25) is 0 Å². The molecule has 106 valence electrons. The zero-order valence-electron chi connectivity index (χ0n) is 11.8. The van der Waals surface area contributed by atoms with Crippen molar-refractivity contribution < 1.29 is 0 Å². The summed E-state index contributed by atoms with van der Waals surface area (Å²) in [6.45, 7) is 2.21. The van der Waals surface area contributed by atoms with Crippen LogP contribution >= 0.6 is 24.0 Å². The Morgan fingerprint density at radius 3 is 2.55 bits per heavy atom. The van der Waals surface area contributed by atoms with Gasteiger partial charge in [0.1, 0.15) is 4.99 Å². The molecule has 3 N–H and O–H groups in total. The average Bonchev–Trinajstić information content (AvgIpc) is 2.46. The van der Waals surface area contributed by atoms with Gasteiger partial charge in [-0.05, 0) is 30.2 Å². The van der Waals surface area contributed by atoms with Crippen LogP contribution < -0.4 is 11.1 Å². The van der Waals surface area contributed by atoms with Crippen LogP contribution in [-0.4, -0.2) is 23.0 Å². The maximum absolute atomic E-state index is 5.81. The molecule has 0 bridgehead atoms. The zero-order chi connectivity index (χ0) is 14.5. The molecule has 0 fully saturated rings. The number of nitrogens with one attached hydrogen (secondary N) is 1. The number of rotatable bonds is 6. The Balaban J connectivity index is 2.45. The van der Waals surface area contributed by atoms with Gasteiger partial charge in [-0.3, -0.25) is 0 Å². The second kappa shape index (κ2) is 6.95. The van der Waals surface area contributed by atoms with Crippen LogP contribution in [0.25, 0.3) is 10.8 Å². The Morgan fingerprint density at radius 1 is 1.25 bits per heavy atom. The van der Waals surface area contributed by atoms with Crippen molar-refractivity contribution in [3.8, 4) is 0 Å². The highest BCUT2D eigenvalue weighted by Gasteiger charge is 2.10. The van der Waals surface area contributed by atoms with Crippen LogP contribution in [-0.2, 0) is 0 Å². The minimum absolute atomic E-state index is 0.448. The number of anilines is 1. The van der Waals surface area contributed by atoms with Gasteiger partial charge in [-0.1, -0.05) is 43.4 Å². The average molecular weight is 304 g/mol. The van der Waals surface area contributed by atoms with E-state index in [1.165, 1.54) is 5.39 Å². The van der Waals surface area contributed by atoms with Gasteiger partial charge in [0, 0.05) is 28.4 Å². The van der Waals surface area contributed by atoms with Gasteiger partial charge in [0.25, 0.3) is 0 Å². The minimum atomic E-state index is 0.448.